The number of halogens is 1. The Morgan fingerprint density at radius 2 is 1.63 bits per heavy atom. The second-order valence-corrected chi connectivity index (χ2v) is 6.74. The first-order valence-electron chi connectivity index (χ1n) is 7.90. The van der Waals surface area contributed by atoms with Crippen LogP contribution in [-0.4, -0.2) is 30.1 Å². The molecule has 6 nitrogen and oxygen atoms in total. The Labute approximate surface area is 165 Å². The normalized spacial score (nSPS) is 10.3. The van der Waals surface area contributed by atoms with E-state index in [1.54, 1.807) is 42.5 Å². The average Bonchev–Trinajstić information content (AvgIpc) is 2.69. The highest BCUT2D eigenvalue weighted by atomic mass is 35.5. The SMILES string of the molecule is COc1cc(OC)nc(Sc2ccccc2C(=O)Nc2ccc(Cl)cc2)n1. The summed E-state index contributed by atoms with van der Waals surface area (Å²) < 4.78 is 10.3. The summed E-state index contributed by atoms with van der Waals surface area (Å²) in [6, 6.07) is 15.7. The maximum Gasteiger partial charge on any atom is 0.256 e. The fourth-order valence-corrected chi connectivity index (χ4v) is 3.22. The third-order valence-electron chi connectivity index (χ3n) is 3.51. The van der Waals surface area contributed by atoms with Crippen LogP contribution in [0.1, 0.15) is 10.4 Å². The van der Waals surface area contributed by atoms with Gasteiger partial charge in [-0.1, -0.05) is 23.7 Å². The van der Waals surface area contributed by atoms with Crippen LogP contribution in [0.2, 0.25) is 5.02 Å². The van der Waals surface area contributed by atoms with Gasteiger partial charge in [0.2, 0.25) is 11.8 Å². The van der Waals surface area contributed by atoms with Crippen molar-refractivity contribution >= 4 is 35.0 Å². The molecule has 0 radical (unpaired) electrons. The highest BCUT2D eigenvalue weighted by molar-refractivity contribution is 7.99. The second-order valence-electron chi connectivity index (χ2n) is 5.29. The minimum Gasteiger partial charge on any atom is -0.481 e. The van der Waals surface area contributed by atoms with Crippen molar-refractivity contribution in [3.63, 3.8) is 0 Å². The lowest BCUT2D eigenvalue weighted by Gasteiger charge is -2.10. The second kappa shape index (κ2) is 8.75. The predicted molar refractivity (Wildman–Crippen MR) is 105 cm³/mol. The molecule has 1 amide bonds. The van der Waals surface area contributed by atoms with Crippen molar-refractivity contribution in [3.05, 3.63) is 65.2 Å². The number of amides is 1. The summed E-state index contributed by atoms with van der Waals surface area (Å²) in [6.45, 7) is 0. The molecule has 0 saturated heterocycles. The third-order valence-corrected chi connectivity index (χ3v) is 4.70. The van der Waals surface area contributed by atoms with Crippen molar-refractivity contribution in [2.45, 2.75) is 10.1 Å². The van der Waals surface area contributed by atoms with Crippen LogP contribution < -0.4 is 14.8 Å². The molecule has 138 valence electrons. The average molecular weight is 402 g/mol. The Morgan fingerprint density at radius 1 is 1.00 bits per heavy atom. The lowest BCUT2D eigenvalue weighted by molar-refractivity contribution is 0.102. The van der Waals surface area contributed by atoms with Gasteiger partial charge in [0.05, 0.1) is 25.8 Å². The lowest BCUT2D eigenvalue weighted by atomic mass is 10.2. The first-order chi connectivity index (χ1) is 13.1. The van der Waals surface area contributed by atoms with Gasteiger partial charge in [-0.25, -0.2) is 0 Å². The maximum atomic E-state index is 12.7. The van der Waals surface area contributed by atoms with Gasteiger partial charge in [0.15, 0.2) is 5.16 Å². The van der Waals surface area contributed by atoms with Gasteiger partial charge in [-0.3, -0.25) is 4.79 Å². The van der Waals surface area contributed by atoms with Crippen LogP contribution in [0.15, 0.2) is 64.6 Å². The van der Waals surface area contributed by atoms with Gasteiger partial charge in [-0.05, 0) is 48.2 Å². The summed E-state index contributed by atoms with van der Waals surface area (Å²) >= 11 is 7.13. The molecule has 0 aliphatic carbocycles. The Balaban J connectivity index is 1.85. The van der Waals surface area contributed by atoms with Crippen LogP contribution in [0.25, 0.3) is 0 Å². The van der Waals surface area contributed by atoms with E-state index >= 15 is 0 Å². The number of carbonyl (C=O) groups excluding carboxylic acids is 1. The quantitative estimate of drug-likeness (QED) is 0.611. The van der Waals surface area contributed by atoms with Gasteiger partial charge in [-0.15, -0.1) is 0 Å². The molecule has 0 aliphatic rings. The summed E-state index contributed by atoms with van der Waals surface area (Å²) in [4.78, 5) is 22.0. The van der Waals surface area contributed by atoms with E-state index in [2.05, 4.69) is 15.3 Å². The van der Waals surface area contributed by atoms with Crippen LogP contribution in [0.5, 0.6) is 11.8 Å². The smallest absolute Gasteiger partial charge is 0.256 e. The van der Waals surface area contributed by atoms with Crippen molar-refractivity contribution in [1.82, 2.24) is 9.97 Å². The van der Waals surface area contributed by atoms with Crippen LogP contribution in [0.4, 0.5) is 5.69 Å². The van der Waals surface area contributed by atoms with E-state index in [1.165, 1.54) is 26.0 Å². The number of ether oxygens (including phenoxy) is 2. The zero-order valence-corrected chi connectivity index (χ0v) is 16.2. The number of hydrogen-bond acceptors (Lipinski definition) is 6. The van der Waals surface area contributed by atoms with Gasteiger partial charge in [-0.2, -0.15) is 9.97 Å². The molecule has 3 rings (SSSR count). The maximum absolute atomic E-state index is 12.7. The highest BCUT2D eigenvalue weighted by Crippen LogP contribution is 2.31. The Bertz CT molecular complexity index is 929. The topological polar surface area (TPSA) is 73.3 Å². The van der Waals surface area contributed by atoms with E-state index in [9.17, 15) is 4.79 Å². The number of carbonyl (C=O) groups is 1. The number of aromatic nitrogens is 2. The Morgan fingerprint density at radius 3 is 2.26 bits per heavy atom. The van der Waals surface area contributed by atoms with Crippen LogP contribution >= 0.6 is 23.4 Å². The first-order valence-corrected chi connectivity index (χ1v) is 9.09. The van der Waals surface area contributed by atoms with Gasteiger partial charge in [0, 0.05) is 15.6 Å². The monoisotopic (exact) mass is 401 g/mol. The van der Waals surface area contributed by atoms with E-state index in [4.69, 9.17) is 21.1 Å². The van der Waals surface area contributed by atoms with Crippen molar-refractivity contribution in [1.29, 1.82) is 0 Å². The summed E-state index contributed by atoms with van der Waals surface area (Å²) in [5.74, 6) is 0.523. The summed E-state index contributed by atoms with van der Waals surface area (Å²) in [5.41, 5.74) is 1.16. The Kier molecular flexibility index (Phi) is 6.16. The molecule has 3 aromatic rings. The molecule has 0 unspecified atom stereocenters. The van der Waals surface area contributed by atoms with E-state index in [0.717, 1.165) is 0 Å². The van der Waals surface area contributed by atoms with E-state index in [0.29, 0.717) is 38.1 Å². The molecular formula is C19H16ClN3O3S. The molecule has 1 heterocycles. The molecule has 27 heavy (non-hydrogen) atoms. The minimum absolute atomic E-state index is 0.240. The molecule has 0 saturated carbocycles. The molecule has 0 atom stereocenters. The fraction of sp³-hybridized carbons (Fsp3) is 0.105. The zero-order valence-electron chi connectivity index (χ0n) is 14.6. The first kappa shape index (κ1) is 19.0. The Hall–Kier alpha value is -2.77. The van der Waals surface area contributed by atoms with Crippen molar-refractivity contribution < 1.29 is 14.3 Å². The molecule has 0 bridgehead atoms. The summed E-state index contributed by atoms with van der Waals surface area (Å²) in [6.07, 6.45) is 0. The van der Waals surface area contributed by atoms with Crippen LogP contribution in [-0.2, 0) is 0 Å². The van der Waals surface area contributed by atoms with Gasteiger partial charge < -0.3 is 14.8 Å². The van der Waals surface area contributed by atoms with E-state index in [-0.39, 0.29) is 5.91 Å². The van der Waals surface area contributed by atoms with Crippen molar-refractivity contribution in [2.75, 3.05) is 19.5 Å². The number of nitrogens with zero attached hydrogens (tertiary/aromatic N) is 2. The number of nitrogens with one attached hydrogen (secondary N) is 1. The van der Waals surface area contributed by atoms with Gasteiger partial charge in [0.25, 0.3) is 5.91 Å². The van der Waals surface area contributed by atoms with Crippen LogP contribution in [0.3, 0.4) is 0 Å². The molecular weight excluding hydrogens is 386 g/mol. The number of hydrogen-bond donors (Lipinski definition) is 1. The molecule has 2 aromatic carbocycles. The molecule has 0 aliphatic heterocycles. The number of benzene rings is 2. The number of anilines is 1. The van der Waals surface area contributed by atoms with Crippen LogP contribution in [0, 0.1) is 0 Å². The third kappa shape index (κ3) is 4.90. The minimum atomic E-state index is -0.240. The van der Waals surface area contributed by atoms with Crippen molar-refractivity contribution in [3.8, 4) is 11.8 Å². The van der Waals surface area contributed by atoms with E-state index < -0.39 is 0 Å². The van der Waals surface area contributed by atoms with E-state index in [1.807, 2.05) is 12.1 Å². The van der Waals surface area contributed by atoms with Gasteiger partial charge >= 0.3 is 0 Å². The lowest BCUT2D eigenvalue weighted by Crippen LogP contribution is -2.12. The largest absolute Gasteiger partial charge is 0.481 e. The summed E-state index contributed by atoms with van der Waals surface area (Å²) in [5, 5.41) is 3.88. The highest BCUT2D eigenvalue weighted by Gasteiger charge is 2.15. The number of methoxy groups -OCH3 is 2. The fourth-order valence-electron chi connectivity index (χ4n) is 2.21. The van der Waals surface area contributed by atoms with Crippen molar-refractivity contribution in [2.24, 2.45) is 0 Å². The molecule has 0 fully saturated rings. The standard InChI is InChI=1S/C19H16ClN3O3S/c1-25-16-11-17(26-2)23-19(22-16)27-15-6-4-3-5-14(15)18(24)21-13-9-7-12(20)8-10-13/h3-11H,1-2H3,(H,21,24). The number of rotatable bonds is 6. The predicted octanol–water partition coefficient (Wildman–Crippen LogP) is 4.55. The van der Waals surface area contributed by atoms with Gasteiger partial charge in [0.1, 0.15) is 0 Å². The zero-order chi connectivity index (χ0) is 19.2. The molecule has 1 aromatic heterocycles. The molecule has 0 spiro atoms. The summed E-state index contributed by atoms with van der Waals surface area (Å²) in [7, 11) is 3.04. The molecule has 1 N–H and O–H groups in total. The molecule has 8 heteroatoms.